The van der Waals surface area contributed by atoms with Crippen LogP contribution in [0.4, 0.5) is 0 Å². The van der Waals surface area contributed by atoms with E-state index in [0.29, 0.717) is 31.0 Å². The lowest BCUT2D eigenvalue weighted by atomic mass is 9.93. The number of carboxylic acid groups (broad SMARTS) is 1. The van der Waals surface area contributed by atoms with Crippen molar-refractivity contribution in [2.45, 2.75) is 39.0 Å². The number of carbonyl (C=O) groups is 2. The molecule has 206 valence electrons. The molecule has 2 atom stereocenters. The minimum atomic E-state index is -1.20. The number of amides is 1. The minimum Gasteiger partial charge on any atom is -0.479 e. The van der Waals surface area contributed by atoms with Crippen LogP contribution in [0.15, 0.2) is 83.3 Å². The summed E-state index contributed by atoms with van der Waals surface area (Å²) >= 11 is 1.59. The van der Waals surface area contributed by atoms with Gasteiger partial charge < -0.3 is 19.6 Å². The highest BCUT2D eigenvalue weighted by Crippen LogP contribution is 2.46. The van der Waals surface area contributed by atoms with Crippen molar-refractivity contribution in [3.8, 4) is 22.5 Å². The second-order valence-corrected chi connectivity index (χ2v) is 11.3. The molecule has 1 heterocycles. The first-order chi connectivity index (χ1) is 19.3. The lowest BCUT2D eigenvalue weighted by molar-refractivity contribution is -0.140. The molecule has 2 N–H and O–H groups in total. The van der Waals surface area contributed by atoms with Gasteiger partial charge in [0.15, 0.2) is 0 Å². The number of hydrogen-bond acceptors (Lipinski definition) is 5. The number of aliphatic carboxylic acids is 1. The summed E-state index contributed by atoms with van der Waals surface area (Å²) in [5.74, 6) is 0.781. The van der Waals surface area contributed by atoms with Gasteiger partial charge in [0, 0.05) is 17.0 Å². The first-order valence-corrected chi connectivity index (χ1v) is 14.7. The van der Waals surface area contributed by atoms with E-state index in [9.17, 15) is 14.7 Å². The molecule has 3 aromatic carbocycles. The van der Waals surface area contributed by atoms with Crippen molar-refractivity contribution < 1.29 is 23.8 Å². The van der Waals surface area contributed by atoms with E-state index < -0.39 is 11.5 Å². The molecular weight excluding hydrogens is 522 g/mol. The van der Waals surface area contributed by atoms with Crippen LogP contribution >= 0.6 is 11.8 Å². The highest BCUT2D eigenvalue weighted by molar-refractivity contribution is 7.98. The van der Waals surface area contributed by atoms with E-state index in [0.717, 1.165) is 39.3 Å². The molecule has 6 nitrogen and oxygen atoms in total. The Labute approximate surface area is 238 Å². The summed E-state index contributed by atoms with van der Waals surface area (Å²) < 4.78 is 12.0. The number of thioether (sulfide) groups is 1. The van der Waals surface area contributed by atoms with Gasteiger partial charge in [0.2, 0.25) is 0 Å². The topological polar surface area (TPSA) is 88.8 Å². The molecule has 1 aromatic heterocycles. The van der Waals surface area contributed by atoms with Crippen LogP contribution < -0.4 is 5.32 Å². The van der Waals surface area contributed by atoms with E-state index in [4.69, 9.17) is 9.15 Å². The fourth-order valence-electron chi connectivity index (χ4n) is 5.05. The van der Waals surface area contributed by atoms with Gasteiger partial charge in [0.1, 0.15) is 23.7 Å². The molecule has 5 rings (SSSR count). The van der Waals surface area contributed by atoms with Gasteiger partial charge in [-0.15, -0.1) is 0 Å². The van der Waals surface area contributed by atoms with Gasteiger partial charge in [-0.3, -0.25) is 4.79 Å². The zero-order chi connectivity index (χ0) is 28.3. The predicted octanol–water partition coefficient (Wildman–Crippen LogP) is 6.88. The second-order valence-electron chi connectivity index (χ2n) is 10.4. The second kappa shape index (κ2) is 11.7. The number of carbonyl (C=O) groups excluding carboxylic acids is 1. The van der Waals surface area contributed by atoms with Crippen molar-refractivity contribution in [2.24, 2.45) is 5.92 Å². The number of hydrogen-bond donors (Lipinski definition) is 2. The number of nitrogens with one attached hydrogen (secondary N) is 1. The number of carboxylic acids is 1. The Morgan fingerprint density at radius 3 is 2.50 bits per heavy atom. The lowest BCUT2D eigenvalue weighted by Gasteiger charge is -2.18. The van der Waals surface area contributed by atoms with Crippen molar-refractivity contribution in [1.29, 1.82) is 0 Å². The predicted molar refractivity (Wildman–Crippen MR) is 158 cm³/mol. The van der Waals surface area contributed by atoms with Crippen LogP contribution in [0.5, 0.6) is 0 Å². The number of furan rings is 1. The average Bonchev–Trinajstić information content (AvgIpc) is 3.42. The monoisotopic (exact) mass is 555 g/mol. The Balaban J connectivity index is 1.33. The van der Waals surface area contributed by atoms with Crippen LogP contribution in [0.2, 0.25) is 0 Å². The first-order valence-electron chi connectivity index (χ1n) is 13.3. The Bertz CT molecular complexity index is 1530. The summed E-state index contributed by atoms with van der Waals surface area (Å²) in [5, 5.41) is 12.7. The molecule has 7 heteroatoms. The highest BCUT2D eigenvalue weighted by atomic mass is 32.2. The molecule has 0 aliphatic heterocycles. The Hall–Kier alpha value is -3.81. The van der Waals surface area contributed by atoms with Gasteiger partial charge >= 0.3 is 5.97 Å². The summed E-state index contributed by atoms with van der Waals surface area (Å²) in [7, 11) is 0. The summed E-state index contributed by atoms with van der Waals surface area (Å²) in [5.41, 5.74) is 5.05. The van der Waals surface area contributed by atoms with Gasteiger partial charge in [-0.25, -0.2) is 4.79 Å². The molecular formula is C33H33NO5S. The van der Waals surface area contributed by atoms with Gasteiger partial charge in [-0.2, -0.15) is 11.8 Å². The Kier molecular flexibility index (Phi) is 8.14. The Morgan fingerprint density at radius 1 is 1.00 bits per heavy atom. The molecule has 0 bridgehead atoms. The molecule has 1 saturated carbocycles. The van der Waals surface area contributed by atoms with Crippen molar-refractivity contribution >= 4 is 23.6 Å². The smallest absolute Gasteiger partial charge is 0.329 e. The maximum absolute atomic E-state index is 13.5. The third kappa shape index (κ3) is 5.86. The first kappa shape index (κ1) is 27.7. The van der Waals surface area contributed by atoms with Gasteiger partial charge in [-0.1, -0.05) is 60.2 Å². The molecule has 40 heavy (non-hydrogen) atoms. The molecule has 4 aromatic rings. The van der Waals surface area contributed by atoms with E-state index in [1.54, 1.807) is 17.8 Å². The van der Waals surface area contributed by atoms with E-state index in [1.807, 2.05) is 73.8 Å². The molecule has 1 aliphatic rings. The number of benzene rings is 3. The molecule has 1 amide bonds. The van der Waals surface area contributed by atoms with Crippen LogP contribution in [0, 0.1) is 19.8 Å². The quantitative estimate of drug-likeness (QED) is 0.210. The van der Waals surface area contributed by atoms with Crippen LogP contribution in [0.25, 0.3) is 22.5 Å². The van der Waals surface area contributed by atoms with E-state index >= 15 is 0 Å². The van der Waals surface area contributed by atoms with E-state index in [2.05, 4.69) is 24.4 Å². The fraction of sp³-hybridized carbons (Fsp3) is 0.273. The van der Waals surface area contributed by atoms with Gasteiger partial charge in [0.05, 0.1) is 6.61 Å². The van der Waals surface area contributed by atoms with Crippen molar-refractivity contribution in [3.05, 3.63) is 107 Å². The number of ether oxygens (including phenoxy) is 1. The van der Waals surface area contributed by atoms with Gasteiger partial charge in [0.25, 0.3) is 5.91 Å². The van der Waals surface area contributed by atoms with Crippen molar-refractivity contribution in [1.82, 2.24) is 5.32 Å². The van der Waals surface area contributed by atoms with E-state index in [1.165, 1.54) is 5.56 Å². The van der Waals surface area contributed by atoms with Crippen molar-refractivity contribution in [3.63, 3.8) is 0 Å². The largest absolute Gasteiger partial charge is 0.479 e. The standard InChI is InChI=1S/C33H33NO5S/c1-21-8-11-24(12-9-21)30-15-13-26(39-30)19-38-18-23-10-14-28(29(16-23)27-7-5-4-6-22(27)2)31(35)34-33(32(36)37)17-25(33)20-40-3/h4-16,25H,17-20H2,1-3H3,(H,34,35)(H,36,37)/t25?,33-/m1/s1. The molecule has 0 saturated heterocycles. The third-order valence-electron chi connectivity index (χ3n) is 7.47. The number of aryl methyl sites for hydroxylation is 2. The summed E-state index contributed by atoms with van der Waals surface area (Å²) in [6.07, 6.45) is 2.39. The SMILES string of the molecule is CSCC1C[C@]1(NC(=O)c1ccc(COCc2ccc(-c3ccc(C)cc3)o2)cc1-c1ccccc1C)C(=O)O. The normalized spacial score (nSPS) is 17.9. The average molecular weight is 556 g/mol. The summed E-state index contributed by atoms with van der Waals surface area (Å²) in [4.78, 5) is 25.6. The maximum atomic E-state index is 13.5. The maximum Gasteiger partial charge on any atom is 0.329 e. The van der Waals surface area contributed by atoms with Gasteiger partial charge in [-0.05, 0) is 78.8 Å². The zero-order valence-corrected chi connectivity index (χ0v) is 23.7. The summed E-state index contributed by atoms with van der Waals surface area (Å²) in [6.45, 7) is 4.69. The molecule has 1 fully saturated rings. The third-order valence-corrected chi connectivity index (χ3v) is 8.20. The number of rotatable bonds is 11. The fourth-order valence-corrected chi connectivity index (χ4v) is 5.85. The molecule has 0 spiro atoms. The molecule has 1 aliphatic carbocycles. The zero-order valence-electron chi connectivity index (χ0n) is 22.9. The van der Waals surface area contributed by atoms with Crippen LogP contribution in [-0.2, 0) is 22.7 Å². The van der Waals surface area contributed by atoms with Crippen LogP contribution in [-0.4, -0.2) is 34.5 Å². The van der Waals surface area contributed by atoms with Crippen LogP contribution in [0.3, 0.4) is 0 Å². The van der Waals surface area contributed by atoms with Crippen LogP contribution in [0.1, 0.15) is 39.2 Å². The molecule has 0 radical (unpaired) electrons. The van der Waals surface area contributed by atoms with E-state index in [-0.39, 0.29) is 11.8 Å². The Morgan fingerprint density at radius 2 is 1.77 bits per heavy atom. The molecule has 1 unspecified atom stereocenters. The van der Waals surface area contributed by atoms with Crippen molar-refractivity contribution in [2.75, 3.05) is 12.0 Å². The highest BCUT2D eigenvalue weighted by Gasteiger charge is 2.61. The minimum absolute atomic E-state index is 0.0772. The summed E-state index contributed by atoms with van der Waals surface area (Å²) in [6, 6.07) is 25.5. The lowest BCUT2D eigenvalue weighted by Crippen LogP contribution is -2.45.